The van der Waals surface area contributed by atoms with Crippen molar-refractivity contribution in [2.45, 2.75) is 58.8 Å². The molecule has 14 heavy (non-hydrogen) atoms. The molecule has 3 nitrogen and oxygen atoms in total. The summed E-state index contributed by atoms with van der Waals surface area (Å²) in [6, 6.07) is 0. The topological polar surface area (TPSA) is 38.3 Å². The first-order valence-electron chi connectivity index (χ1n) is 5.73. The van der Waals surface area contributed by atoms with Crippen molar-refractivity contribution in [3.8, 4) is 0 Å². The molecule has 0 saturated heterocycles. The minimum atomic E-state index is -0.130. The summed E-state index contributed by atoms with van der Waals surface area (Å²) in [5.74, 6) is -0.130. The molecule has 0 rings (SSSR count). The molecule has 3 heteroatoms. The molecule has 0 unspecified atom stereocenters. The molecule has 0 spiro atoms. The molecule has 0 radical (unpaired) electrons. The fourth-order valence-corrected chi connectivity index (χ4v) is 1.15. The molecule has 0 atom stereocenters. The maximum atomic E-state index is 11.1. The van der Waals surface area contributed by atoms with Crippen molar-refractivity contribution >= 4 is 5.97 Å². The maximum absolute atomic E-state index is 11.1. The quantitative estimate of drug-likeness (QED) is 0.460. The summed E-state index contributed by atoms with van der Waals surface area (Å²) in [5.41, 5.74) is 2.70. The molecule has 0 amide bonds. The highest BCUT2D eigenvalue weighted by molar-refractivity contribution is 5.68. The van der Waals surface area contributed by atoms with Crippen LogP contribution in [0.1, 0.15) is 58.8 Å². The zero-order chi connectivity index (χ0) is 10.6. The average Bonchev–Trinajstić information content (AvgIpc) is 2.18. The van der Waals surface area contributed by atoms with Crippen molar-refractivity contribution in [2.75, 3.05) is 6.54 Å². The van der Waals surface area contributed by atoms with Crippen molar-refractivity contribution in [3.05, 3.63) is 0 Å². The van der Waals surface area contributed by atoms with E-state index in [1.807, 2.05) is 0 Å². The van der Waals surface area contributed by atoms with Gasteiger partial charge >= 0.3 is 5.97 Å². The Morgan fingerprint density at radius 2 is 1.71 bits per heavy atom. The van der Waals surface area contributed by atoms with E-state index in [0.29, 0.717) is 6.42 Å². The average molecular weight is 201 g/mol. The van der Waals surface area contributed by atoms with Gasteiger partial charge in [-0.1, -0.05) is 39.5 Å². The lowest BCUT2D eigenvalue weighted by molar-refractivity contribution is -0.151. The van der Waals surface area contributed by atoms with Crippen LogP contribution in [0, 0.1) is 0 Å². The van der Waals surface area contributed by atoms with Crippen LogP contribution in [0.5, 0.6) is 0 Å². The largest absolute Gasteiger partial charge is 0.371 e. The Morgan fingerprint density at radius 3 is 2.36 bits per heavy atom. The van der Waals surface area contributed by atoms with Gasteiger partial charge in [-0.15, -0.1) is 0 Å². The molecule has 0 heterocycles. The lowest BCUT2D eigenvalue weighted by atomic mass is 10.2. The predicted octanol–water partition coefficient (Wildman–Crippen LogP) is 2.80. The van der Waals surface area contributed by atoms with Gasteiger partial charge in [0, 0.05) is 13.0 Å². The van der Waals surface area contributed by atoms with Crippen molar-refractivity contribution in [2.24, 2.45) is 0 Å². The van der Waals surface area contributed by atoms with Crippen LogP contribution in [-0.2, 0) is 9.63 Å². The van der Waals surface area contributed by atoms with Gasteiger partial charge in [-0.25, -0.2) is 0 Å². The predicted molar refractivity (Wildman–Crippen MR) is 57.8 cm³/mol. The summed E-state index contributed by atoms with van der Waals surface area (Å²) in [6.45, 7) is 5.04. The van der Waals surface area contributed by atoms with Crippen LogP contribution < -0.4 is 5.48 Å². The van der Waals surface area contributed by atoms with Crippen LogP contribution in [0.3, 0.4) is 0 Å². The summed E-state index contributed by atoms with van der Waals surface area (Å²) < 4.78 is 0. The van der Waals surface area contributed by atoms with Gasteiger partial charge < -0.3 is 4.84 Å². The molecule has 0 aromatic heterocycles. The van der Waals surface area contributed by atoms with Gasteiger partial charge in [0.05, 0.1) is 0 Å². The Kier molecular flexibility index (Phi) is 10.1. The number of hydrogen-bond acceptors (Lipinski definition) is 3. The normalized spacial score (nSPS) is 10.1. The third-order valence-electron chi connectivity index (χ3n) is 2.05. The van der Waals surface area contributed by atoms with Crippen LogP contribution in [-0.4, -0.2) is 12.5 Å². The number of hydroxylamine groups is 1. The van der Waals surface area contributed by atoms with E-state index < -0.39 is 0 Å². The molecule has 0 saturated carbocycles. The molecule has 0 aliphatic carbocycles. The van der Waals surface area contributed by atoms with Crippen LogP contribution in [0.2, 0.25) is 0 Å². The molecule has 0 aliphatic rings. The standard InChI is InChI=1S/C11H23NO2/c1-3-5-7-9-11(13)14-12-10-8-6-4-2/h12H,3-10H2,1-2H3. The fourth-order valence-electron chi connectivity index (χ4n) is 1.15. The maximum Gasteiger partial charge on any atom is 0.324 e. The van der Waals surface area contributed by atoms with Gasteiger partial charge in [0.2, 0.25) is 0 Å². The van der Waals surface area contributed by atoms with Crippen LogP contribution >= 0.6 is 0 Å². The molecule has 0 aromatic rings. The Morgan fingerprint density at radius 1 is 1.07 bits per heavy atom. The minimum Gasteiger partial charge on any atom is -0.371 e. The van der Waals surface area contributed by atoms with Gasteiger partial charge in [0.25, 0.3) is 0 Å². The highest BCUT2D eigenvalue weighted by atomic mass is 16.7. The van der Waals surface area contributed by atoms with E-state index in [1.54, 1.807) is 0 Å². The number of rotatable bonds is 9. The number of carbonyl (C=O) groups excluding carboxylic acids is 1. The second kappa shape index (κ2) is 10.5. The van der Waals surface area contributed by atoms with E-state index in [4.69, 9.17) is 4.84 Å². The first-order chi connectivity index (χ1) is 6.81. The molecule has 0 aromatic carbocycles. The van der Waals surface area contributed by atoms with Crippen LogP contribution in [0.4, 0.5) is 0 Å². The monoisotopic (exact) mass is 201 g/mol. The van der Waals surface area contributed by atoms with E-state index in [1.165, 1.54) is 12.8 Å². The first-order valence-corrected chi connectivity index (χ1v) is 5.73. The first kappa shape index (κ1) is 13.4. The van der Waals surface area contributed by atoms with Gasteiger partial charge in [-0.2, -0.15) is 5.48 Å². The summed E-state index contributed by atoms with van der Waals surface area (Å²) in [6.07, 6.45) is 7.15. The Bertz CT molecular complexity index is 137. The Balaban J connectivity index is 3.10. The molecule has 84 valence electrons. The lowest BCUT2D eigenvalue weighted by Gasteiger charge is -2.04. The zero-order valence-corrected chi connectivity index (χ0v) is 9.47. The second-order valence-electron chi connectivity index (χ2n) is 3.53. The lowest BCUT2D eigenvalue weighted by Crippen LogP contribution is -2.20. The molecular weight excluding hydrogens is 178 g/mol. The summed E-state index contributed by atoms with van der Waals surface area (Å²) in [7, 11) is 0. The van der Waals surface area contributed by atoms with Gasteiger partial charge in [-0.3, -0.25) is 4.79 Å². The number of hydrogen-bond donors (Lipinski definition) is 1. The molecule has 0 aliphatic heterocycles. The van der Waals surface area contributed by atoms with E-state index in [9.17, 15) is 4.79 Å². The Labute approximate surface area is 87.2 Å². The SMILES string of the molecule is CCCCCNOC(=O)CCCCC. The molecule has 0 bridgehead atoms. The van der Waals surface area contributed by atoms with E-state index in [0.717, 1.165) is 32.2 Å². The third-order valence-corrected chi connectivity index (χ3v) is 2.05. The third kappa shape index (κ3) is 9.52. The number of nitrogens with one attached hydrogen (secondary N) is 1. The highest BCUT2D eigenvalue weighted by Crippen LogP contribution is 1.99. The highest BCUT2D eigenvalue weighted by Gasteiger charge is 2.01. The van der Waals surface area contributed by atoms with Crippen molar-refractivity contribution < 1.29 is 9.63 Å². The van der Waals surface area contributed by atoms with Gasteiger partial charge in [0.15, 0.2) is 0 Å². The number of unbranched alkanes of at least 4 members (excludes halogenated alkanes) is 4. The molecule has 0 fully saturated rings. The van der Waals surface area contributed by atoms with Gasteiger partial charge in [-0.05, 0) is 12.8 Å². The van der Waals surface area contributed by atoms with Crippen LogP contribution in [0.25, 0.3) is 0 Å². The fraction of sp³-hybridized carbons (Fsp3) is 0.909. The van der Waals surface area contributed by atoms with Crippen molar-refractivity contribution in [3.63, 3.8) is 0 Å². The van der Waals surface area contributed by atoms with E-state index in [-0.39, 0.29) is 5.97 Å². The summed E-state index contributed by atoms with van der Waals surface area (Å²) >= 11 is 0. The smallest absolute Gasteiger partial charge is 0.324 e. The van der Waals surface area contributed by atoms with Crippen molar-refractivity contribution in [1.82, 2.24) is 5.48 Å². The van der Waals surface area contributed by atoms with E-state index >= 15 is 0 Å². The van der Waals surface area contributed by atoms with Gasteiger partial charge in [0.1, 0.15) is 0 Å². The summed E-state index contributed by atoms with van der Waals surface area (Å²) in [5, 5.41) is 0. The number of carbonyl (C=O) groups is 1. The second-order valence-corrected chi connectivity index (χ2v) is 3.53. The van der Waals surface area contributed by atoms with Crippen molar-refractivity contribution in [1.29, 1.82) is 0 Å². The van der Waals surface area contributed by atoms with Crippen LogP contribution in [0.15, 0.2) is 0 Å². The molecule has 1 N–H and O–H groups in total. The zero-order valence-electron chi connectivity index (χ0n) is 9.47. The van der Waals surface area contributed by atoms with E-state index in [2.05, 4.69) is 19.3 Å². The Hall–Kier alpha value is -0.570. The minimum absolute atomic E-state index is 0.130. The summed E-state index contributed by atoms with van der Waals surface area (Å²) in [4.78, 5) is 15.9. The molecular formula is C11H23NO2.